The van der Waals surface area contributed by atoms with E-state index in [4.69, 9.17) is 0 Å². The van der Waals surface area contributed by atoms with Crippen molar-refractivity contribution >= 4 is 0 Å². The molecule has 1 N–H and O–H groups in total. The lowest BCUT2D eigenvalue weighted by Crippen LogP contribution is -2.27. The van der Waals surface area contributed by atoms with Crippen LogP contribution < -0.4 is 5.32 Å². The Bertz CT molecular complexity index is 418. The fraction of sp³-hybridized carbons (Fsp3) is 0.429. The summed E-state index contributed by atoms with van der Waals surface area (Å²) in [6.07, 6.45) is 2.07. The molecule has 0 heterocycles. The van der Waals surface area contributed by atoms with E-state index in [1.54, 1.807) is 13.0 Å². The maximum Gasteiger partial charge on any atom is 0.162 e. The number of nitrogens with one attached hydrogen (secondary N) is 1. The van der Waals surface area contributed by atoms with Gasteiger partial charge in [0.15, 0.2) is 11.6 Å². The highest BCUT2D eigenvalue weighted by Crippen LogP contribution is 2.14. The fourth-order valence-electron chi connectivity index (χ4n) is 1.69. The predicted molar refractivity (Wildman–Crippen MR) is 65.6 cm³/mol. The molecule has 0 fully saturated rings. The van der Waals surface area contributed by atoms with Gasteiger partial charge in [0.05, 0.1) is 0 Å². The summed E-state index contributed by atoms with van der Waals surface area (Å²) < 4.78 is 26.5. The second kappa shape index (κ2) is 7.03. The van der Waals surface area contributed by atoms with Crippen LogP contribution in [0.25, 0.3) is 0 Å². The van der Waals surface area contributed by atoms with Crippen LogP contribution in [0.5, 0.6) is 0 Å². The Balaban J connectivity index is 2.66. The van der Waals surface area contributed by atoms with Gasteiger partial charge in [-0.2, -0.15) is 0 Å². The second-order valence-corrected chi connectivity index (χ2v) is 3.87. The van der Waals surface area contributed by atoms with Crippen LogP contribution in [-0.4, -0.2) is 13.1 Å². The van der Waals surface area contributed by atoms with Crippen molar-refractivity contribution in [2.45, 2.75) is 32.2 Å². The average molecular weight is 237 g/mol. The zero-order valence-electron chi connectivity index (χ0n) is 10.2. The third kappa shape index (κ3) is 4.16. The summed E-state index contributed by atoms with van der Waals surface area (Å²) in [5.41, 5.74) is 0.411. The van der Waals surface area contributed by atoms with Crippen molar-refractivity contribution in [2.75, 3.05) is 7.05 Å². The van der Waals surface area contributed by atoms with Crippen molar-refractivity contribution in [1.29, 1.82) is 0 Å². The Morgan fingerprint density at radius 1 is 1.35 bits per heavy atom. The van der Waals surface area contributed by atoms with E-state index in [0.29, 0.717) is 12.0 Å². The van der Waals surface area contributed by atoms with Gasteiger partial charge in [-0.25, -0.2) is 8.78 Å². The van der Waals surface area contributed by atoms with Gasteiger partial charge in [0.1, 0.15) is 0 Å². The van der Waals surface area contributed by atoms with Crippen molar-refractivity contribution in [3.05, 3.63) is 35.4 Å². The summed E-state index contributed by atoms with van der Waals surface area (Å²) in [6.45, 7) is 1.79. The van der Waals surface area contributed by atoms with E-state index in [-0.39, 0.29) is 6.04 Å². The highest BCUT2D eigenvalue weighted by atomic mass is 19.2. The fourth-order valence-corrected chi connectivity index (χ4v) is 1.69. The lowest BCUT2D eigenvalue weighted by molar-refractivity contribution is 0.475. The smallest absolute Gasteiger partial charge is 0.162 e. The Morgan fingerprint density at radius 2 is 2.12 bits per heavy atom. The molecule has 0 saturated carbocycles. The molecule has 0 bridgehead atoms. The van der Waals surface area contributed by atoms with Crippen LogP contribution in [0.1, 0.15) is 25.3 Å². The molecule has 0 spiro atoms. The SMILES string of the molecule is CC#CCCC(Cc1cccc(F)c1F)NC. The summed E-state index contributed by atoms with van der Waals surface area (Å²) in [5, 5.41) is 3.10. The summed E-state index contributed by atoms with van der Waals surface area (Å²) in [6, 6.07) is 4.41. The largest absolute Gasteiger partial charge is 0.317 e. The first-order chi connectivity index (χ1) is 8.19. The molecular formula is C14H17F2N. The van der Waals surface area contributed by atoms with Gasteiger partial charge < -0.3 is 5.32 Å². The number of hydrogen-bond donors (Lipinski definition) is 1. The first-order valence-corrected chi connectivity index (χ1v) is 5.68. The monoisotopic (exact) mass is 237 g/mol. The van der Waals surface area contributed by atoms with Crippen LogP contribution in [0, 0.1) is 23.5 Å². The molecule has 1 nitrogen and oxygen atoms in total. The number of hydrogen-bond acceptors (Lipinski definition) is 1. The Morgan fingerprint density at radius 3 is 2.76 bits per heavy atom. The van der Waals surface area contributed by atoms with Crippen LogP contribution >= 0.6 is 0 Å². The summed E-state index contributed by atoms with van der Waals surface area (Å²) in [7, 11) is 1.82. The predicted octanol–water partition coefficient (Wildman–Crippen LogP) is 2.90. The van der Waals surface area contributed by atoms with Gasteiger partial charge in [-0.05, 0) is 38.4 Å². The van der Waals surface area contributed by atoms with Crippen molar-refractivity contribution in [3.63, 3.8) is 0 Å². The van der Waals surface area contributed by atoms with Crippen molar-refractivity contribution in [3.8, 4) is 11.8 Å². The van der Waals surface area contributed by atoms with Crippen molar-refractivity contribution < 1.29 is 8.78 Å². The topological polar surface area (TPSA) is 12.0 Å². The Labute approximate surface area is 101 Å². The lowest BCUT2D eigenvalue weighted by Gasteiger charge is -2.15. The van der Waals surface area contributed by atoms with E-state index in [1.165, 1.54) is 6.07 Å². The van der Waals surface area contributed by atoms with Gasteiger partial charge in [-0.15, -0.1) is 11.8 Å². The van der Waals surface area contributed by atoms with Crippen molar-refractivity contribution in [1.82, 2.24) is 5.32 Å². The standard InChI is InChI=1S/C14H17F2N/c1-3-4-5-8-12(17-2)10-11-7-6-9-13(15)14(11)16/h6-7,9,12,17H,5,8,10H2,1-2H3. The Hall–Kier alpha value is -1.40. The lowest BCUT2D eigenvalue weighted by atomic mass is 10.0. The maximum atomic E-state index is 13.5. The van der Waals surface area contributed by atoms with E-state index in [2.05, 4.69) is 17.2 Å². The molecule has 0 aliphatic rings. The van der Waals surface area contributed by atoms with E-state index in [9.17, 15) is 8.78 Å². The third-order valence-electron chi connectivity index (χ3n) is 2.70. The molecule has 0 saturated heterocycles. The first kappa shape index (κ1) is 13.7. The van der Waals surface area contributed by atoms with E-state index < -0.39 is 11.6 Å². The highest BCUT2D eigenvalue weighted by Gasteiger charge is 2.12. The molecule has 3 heteroatoms. The van der Waals surface area contributed by atoms with Gasteiger partial charge in [-0.1, -0.05) is 12.1 Å². The molecule has 0 amide bonds. The zero-order valence-corrected chi connectivity index (χ0v) is 10.2. The molecule has 1 aromatic rings. The van der Waals surface area contributed by atoms with Gasteiger partial charge in [0, 0.05) is 12.5 Å². The van der Waals surface area contributed by atoms with Gasteiger partial charge in [0.2, 0.25) is 0 Å². The Kier molecular flexibility index (Phi) is 5.65. The summed E-state index contributed by atoms with van der Waals surface area (Å²) in [4.78, 5) is 0. The van der Waals surface area contributed by atoms with Crippen LogP contribution in [0.2, 0.25) is 0 Å². The minimum absolute atomic E-state index is 0.118. The molecule has 1 unspecified atom stereocenters. The molecule has 0 radical (unpaired) electrons. The summed E-state index contributed by atoms with van der Waals surface area (Å²) >= 11 is 0. The maximum absolute atomic E-state index is 13.5. The van der Waals surface area contributed by atoms with E-state index in [1.807, 2.05) is 7.05 Å². The minimum Gasteiger partial charge on any atom is -0.317 e. The number of halogens is 2. The number of likely N-dealkylation sites (N-methyl/N-ethyl adjacent to an activating group) is 1. The molecule has 1 aromatic carbocycles. The molecule has 1 rings (SSSR count). The van der Waals surface area contributed by atoms with Crippen LogP contribution in [0.3, 0.4) is 0 Å². The molecule has 17 heavy (non-hydrogen) atoms. The normalized spacial score (nSPS) is 11.8. The molecule has 1 atom stereocenters. The quantitative estimate of drug-likeness (QED) is 0.776. The van der Waals surface area contributed by atoms with Gasteiger partial charge in [-0.3, -0.25) is 0 Å². The summed E-state index contributed by atoms with van der Waals surface area (Å²) in [5.74, 6) is 4.26. The van der Waals surface area contributed by atoms with E-state index >= 15 is 0 Å². The minimum atomic E-state index is -0.786. The average Bonchev–Trinajstić information content (AvgIpc) is 2.33. The highest BCUT2D eigenvalue weighted by molar-refractivity contribution is 5.20. The number of benzene rings is 1. The van der Waals surface area contributed by atoms with Crippen LogP contribution in [0.15, 0.2) is 18.2 Å². The van der Waals surface area contributed by atoms with Gasteiger partial charge in [0.25, 0.3) is 0 Å². The second-order valence-electron chi connectivity index (χ2n) is 3.87. The molecule has 0 aromatic heterocycles. The first-order valence-electron chi connectivity index (χ1n) is 5.68. The third-order valence-corrected chi connectivity index (χ3v) is 2.70. The van der Waals surface area contributed by atoms with Crippen molar-refractivity contribution in [2.24, 2.45) is 0 Å². The molecule has 0 aliphatic carbocycles. The van der Waals surface area contributed by atoms with Crippen LogP contribution in [-0.2, 0) is 6.42 Å². The van der Waals surface area contributed by atoms with Gasteiger partial charge >= 0.3 is 0 Å². The molecular weight excluding hydrogens is 220 g/mol. The van der Waals surface area contributed by atoms with Crippen LogP contribution in [0.4, 0.5) is 8.78 Å². The molecule has 92 valence electrons. The zero-order chi connectivity index (χ0) is 12.7. The number of rotatable bonds is 5. The molecule has 0 aliphatic heterocycles. The van der Waals surface area contributed by atoms with E-state index in [0.717, 1.165) is 18.9 Å².